The number of carboxylic acid groups (broad SMARTS) is 1. The van der Waals surface area contributed by atoms with Crippen molar-refractivity contribution in [2.24, 2.45) is 0 Å². The summed E-state index contributed by atoms with van der Waals surface area (Å²) in [5.74, 6) is 4.19. The molecule has 0 saturated heterocycles. The molecule has 4 nitrogen and oxygen atoms in total. The number of aromatic nitrogens is 1. The summed E-state index contributed by atoms with van der Waals surface area (Å²) in [6, 6.07) is 4.80. The molecule has 1 aromatic heterocycles. The van der Waals surface area contributed by atoms with Crippen LogP contribution in [0.4, 0.5) is 0 Å². The van der Waals surface area contributed by atoms with Crippen molar-refractivity contribution in [1.29, 1.82) is 5.26 Å². The van der Waals surface area contributed by atoms with Crippen LogP contribution in [0.3, 0.4) is 0 Å². The van der Waals surface area contributed by atoms with Crippen LogP contribution in [0.15, 0.2) is 18.3 Å². The van der Waals surface area contributed by atoms with Crippen molar-refractivity contribution < 1.29 is 9.90 Å². The molecule has 0 aliphatic heterocycles. The molecule has 68 valence electrons. The maximum Gasteiger partial charge on any atom is 0.337 e. The van der Waals surface area contributed by atoms with Gasteiger partial charge in [-0.25, -0.2) is 9.78 Å². The Morgan fingerprint density at radius 1 is 1.57 bits per heavy atom. The Morgan fingerprint density at radius 3 is 2.86 bits per heavy atom. The van der Waals surface area contributed by atoms with Crippen molar-refractivity contribution in [2.75, 3.05) is 0 Å². The van der Waals surface area contributed by atoms with Gasteiger partial charge < -0.3 is 5.11 Å². The predicted octanol–water partition coefficient (Wildman–Crippen LogP) is 1.04. The van der Waals surface area contributed by atoms with Crippen LogP contribution >= 0.6 is 0 Å². The van der Waals surface area contributed by atoms with E-state index in [9.17, 15) is 4.79 Å². The molecule has 0 atom stereocenters. The van der Waals surface area contributed by atoms with Crippen molar-refractivity contribution in [3.63, 3.8) is 0 Å². The van der Waals surface area contributed by atoms with Crippen LogP contribution in [-0.2, 0) is 0 Å². The minimum atomic E-state index is -1.02. The summed E-state index contributed by atoms with van der Waals surface area (Å²) in [4.78, 5) is 14.3. The van der Waals surface area contributed by atoms with Gasteiger partial charge in [0, 0.05) is 6.20 Å². The van der Waals surface area contributed by atoms with E-state index in [2.05, 4.69) is 16.8 Å². The molecule has 1 aromatic rings. The monoisotopic (exact) mass is 186 g/mol. The zero-order valence-corrected chi connectivity index (χ0v) is 7.19. The van der Waals surface area contributed by atoms with Crippen LogP contribution in [0.2, 0.25) is 0 Å². The van der Waals surface area contributed by atoms with Gasteiger partial charge in [0.2, 0.25) is 0 Å². The molecule has 0 amide bonds. The molecule has 0 aliphatic rings. The Balaban J connectivity index is 2.81. The van der Waals surface area contributed by atoms with Crippen molar-refractivity contribution >= 4 is 5.97 Å². The predicted molar refractivity (Wildman–Crippen MR) is 48.3 cm³/mol. The Hall–Kier alpha value is -2.33. The van der Waals surface area contributed by atoms with Gasteiger partial charge in [0.25, 0.3) is 0 Å². The van der Waals surface area contributed by atoms with E-state index in [0.29, 0.717) is 5.69 Å². The molecule has 14 heavy (non-hydrogen) atoms. The number of rotatable bonds is 1. The molecule has 0 unspecified atom stereocenters. The second-order valence-corrected chi connectivity index (χ2v) is 2.37. The zero-order valence-electron chi connectivity index (χ0n) is 7.19. The first-order valence-corrected chi connectivity index (χ1v) is 3.79. The molecule has 1 heterocycles. The third kappa shape index (κ3) is 2.62. The highest BCUT2D eigenvalue weighted by Gasteiger charge is 2.00. The highest BCUT2D eigenvalue weighted by molar-refractivity contribution is 5.87. The quantitative estimate of drug-likeness (QED) is 0.665. The van der Waals surface area contributed by atoms with Gasteiger partial charge in [-0.15, -0.1) is 0 Å². The first kappa shape index (κ1) is 9.76. The second-order valence-electron chi connectivity index (χ2n) is 2.37. The van der Waals surface area contributed by atoms with E-state index in [-0.39, 0.29) is 12.0 Å². The number of pyridine rings is 1. The van der Waals surface area contributed by atoms with Gasteiger partial charge in [0.05, 0.1) is 18.1 Å². The van der Waals surface area contributed by atoms with Crippen molar-refractivity contribution in [2.45, 2.75) is 6.42 Å². The van der Waals surface area contributed by atoms with Crippen LogP contribution in [0, 0.1) is 23.2 Å². The maximum atomic E-state index is 10.5. The maximum absolute atomic E-state index is 10.5. The lowest BCUT2D eigenvalue weighted by Gasteiger charge is -1.92. The molecule has 0 spiro atoms. The van der Waals surface area contributed by atoms with E-state index in [1.54, 1.807) is 0 Å². The average molecular weight is 186 g/mol. The summed E-state index contributed by atoms with van der Waals surface area (Å²) in [6.07, 6.45) is 1.38. The van der Waals surface area contributed by atoms with E-state index in [1.807, 2.05) is 6.07 Å². The first-order chi connectivity index (χ1) is 6.74. The third-order valence-corrected chi connectivity index (χ3v) is 1.39. The van der Waals surface area contributed by atoms with Crippen LogP contribution in [0.1, 0.15) is 22.5 Å². The smallest absolute Gasteiger partial charge is 0.337 e. The van der Waals surface area contributed by atoms with Gasteiger partial charge >= 0.3 is 5.97 Å². The molecule has 0 aromatic carbocycles. The van der Waals surface area contributed by atoms with Gasteiger partial charge in [-0.05, 0) is 18.1 Å². The number of nitriles is 1. The van der Waals surface area contributed by atoms with Crippen LogP contribution < -0.4 is 0 Å². The van der Waals surface area contributed by atoms with Gasteiger partial charge in [-0.3, -0.25) is 0 Å². The average Bonchev–Trinajstić information content (AvgIpc) is 2.19. The van der Waals surface area contributed by atoms with Crippen LogP contribution in [0.5, 0.6) is 0 Å². The molecule has 0 aliphatic carbocycles. The highest BCUT2D eigenvalue weighted by atomic mass is 16.4. The normalized spacial score (nSPS) is 8.21. The number of hydrogen-bond acceptors (Lipinski definition) is 3. The van der Waals surface area contributed by atoms with E-state index in [1.165, 1.54) is 18.3 Å². The number of hydrogen-bond donors (Lipinski definition) is 1. The van der Waals surface area contributed by atoms with E-state index in [4.69, 9.17) is 10.4 Å². The third-order valence-electron chi connectivity index (χ3n) is 1.39. The zero-order chi connectivity index (χ0) is 10.4. The SMILES string of the molecule is N#CCC#Cc1ccc(C(=O)O)cn1. The standard InChI is InChI=1S/C10H6N2O2/c11-6-2-1-3-9-5-4-8(7-12-9)10(13)14/h4-5,7H,2H2,(H,13,14). The number of carbonyl (C=O) groups is 1. The number of carboxylic acids is 1. The lowest BCUT2D eigenvalue weighted by molar-refractivity contribution is 0.0696. The summed E-state index contributed by atoms with van der Waals surface area (Å²) < 4.78 is 0. The fraction of sp³-hybridized carbons (Fsp3) is 0.100. The molecule has 1 N–H and O–H groups in total. The number of nitrogens with zero attached hydrogens (tertiary/aromatic N) is 2. The Bertz CT molecular complexity index is 432. The van der Waals surface area contributed by atoms with E-state index < -0.39 is 5.97 Å². The van der Waals surface area contributed by atoms with Crippen molar-refractivity contribution in [1.82, 2.24) is 4.98 Å². The summed E-state index contributed by atoms with van der Waals surface area (Å²) in [5.41, 5.74) is 0.584. The Morgan fingerprint density at radius 2 is 2.36 bits per heavy atom. The fourth-order valence-corrected chi connectivity index (χ4v) is 0.769. The minimum Gasteiger partial charge on any atom is -0.478 e. The molecule has 0 fully saturated rings. The van der Waals surface area contributed by atoms with Gasteiger partial charge in [-0.1, -0.05) is 5.92 Å². The van der Waals surface area contributed by atoms with Crippen LogP contribution in [-0.4, -0.2) is 16.1 Å². The van der Waals surface area contributed by atoms with E-state index >= 15 is 0 Å². The van der Waals surface area contributed by atoms with Crippen molar-refractivity contribution in [3.05, 3.63) is 29.6 Å². The number of aromatic carboxylic acids is 1. The second kappa shape index (κ2) is 4.64. The van der Waals surface area contributed by atoms with E-state index in [0.717, 1.165) is 0 Å². The molecular weight excluding hydrogens is 180 g/mol. The van der Waals surface area contributed by atoms with Crippen molar-refractivity contribution in [3.8, 4) is 17.9 Å². The van der Waals surface area contributed by atoms with Gasteiger partial charge in [0.1, 0.15) is 5.69 Å². The molecule has 1 rings (SSSR count). The summed E-state index contributed by atoms with van der Waals surface area (Å²) in [7, 11) is 0. The summed E-state index contributed by atoms with van der Waals surface area (Å²) in [6.45, 7) is 0. The topological polar surface area (TPSA) is 74.0 Å². The van der Waals surface area contributed by atoms with Gasteiger partial charge in [-0.2, -0.15) is 5.26 Å². The minimum absolute atomic E-state index is 0.121. The molecule has 0 radical (unpaired) electrons. The fourth-order valence-electron chi connectivity index (χ4n) is 0.769. The first-order valence-electron chi connectivity index (χ1n) is 3.79. The highest BCUT2D eigenvalue weighted by Crippen LogP contribution is 1.98. The molecule has 0 bridgehead atoms. The molecule has 4 heteroatoms. The largest absolute Gasteiger partial charge is 0.478 e. The molecular formula is C10H6N2O2. The lowest BCUT2D eigenvalue weighted by Crippen LogP contribution is -1.97. The van der Waals surface area contributed by atoms with Crippen LogP contribution in [0.25, 0.3) is 0 Å². The summed E-state index contributed by atoms with van der Waals surface area (Å²) >= 11 is 0. The molecule has 0 saturated carbocycles. The Labute approximate surface area is 80.8 Å². The summed E-state index contributed by atoms with van der Waals surface area (Å²) in [5, 5.41) is 16.8. The lowest BCUT2D eigenvalue weighted by atomic mass is 10.2. The Kier molecular flexibility index (Phi) is 3.23. The van der Waals surface area contributed by atoms with Gasteiger partial charge in [0.15, 0.2) is 0 Å².